The van der Waals surface area contributed by atoms with Crippen molar-refractivity contribution < 1.29 is 0 Å². The van der Waals surface area contributed by atoms with Gasteiger partial charge in [-0.2, -0.15) is 0 Å². The highest BCUT2D eigenvalue weighted by Crippen LogP contribution is 2.46. The SMILES string of the molecule is C1=C(c2cccc(-n3c4cc5c(cc4c4c6c(ccc43)c(-c3ccccc3)cc3ccccc36)CNN5c3ccccc3)c2)C=C(c2ccccc2)NC1c1ccccc1. The van der Waals surface area contributed by atoms with Gasteiger partial charge >= 0.3 is 0 Å². The number of aromatic nitrogens is 1. The zero-order valence-electron chi connectivity index (χ0n) is 32.9. The Morgan fingerprint density at radius 3 is 1.97 bits per heavy atom. The van der Waals surface area contributed by atoms with Crippen LogP contribution < -0.4 is 15.8 Å². The molecule has 0 spiro atoms. The predicted octanol–water partition coefficient (Wildman–Crippen LogP) is 13.7. The molecule has 0 amide bonds. The Hall–Kier alpha value is -7.66. The number of nitrogens with zero attached hydrogens (tertiary/aromatic N) is 2. The molecule has 1 aromatic heterocycles. The van der Waals surface area contributed by atoms with Gasteiger partial charge in [0.05, 0.1) is 28.5 Å². The van der Waals surface area contributed by atoms with Crippen molar-refractivity contribution >= 4 is 66.0 Å². The summed E-state index contributed by atoms with van der Waals surface area (Å²) in [5.74, 6) is 0. The van der Waals surface area contributed by atoms with Gasteiger partial charge in [0.2, 0.25) is 0 Å². The van der Waals surface area contributed by atoms with Crippen LogP contribution in [0, 0.1) is 0 Å². The smallest absolute Gasteiger partial charge is 0.0707 e. The number of para-hydroxylation sites is 1. The minimum Gasteiger partial charge on any atom is -0.374 e. The molecule has 284 valence electrons. The summed E-state index contributed by atoms with van der Waals surface area (Å²) >= 11 is 0. The number of anilines is 2. The molecule has 4 nitrogen and oxygen atoms in total. The number of fused-ring (bicyclic) bond motifs is 8. The van der Waals surface area contributed by atoms with Crippen LogP contribution in [0.1, 0.15) is 28.3 Å². The average molecular weight is 769 g/mol. The summed E-state index contributed by atoms with van der Waals surface area (Å²) in [6, 6.07) is 72.8. The van der Waals surface area contributed by atoms with Crippen LogP contribution in [0.2, 0.25) is 0 Å². The van der Waals surface area contributed by atoms with Crippen LogP contribution in [0.25, 0.3) is 71.4 Å². The first kappa shape index (κ1) is 34.4. The minimum absolute atomic E-state index is 0.0239. The van der Waals surface area contributed by atoms with Crippen molar-refractivity contribution in [3.63, 3.8) is 0 Å². The second kappa shape index (κ2) is 14.0. The molecule has 2 aliphatic rings. The van der Waals surface area contributed by atoms with E-state index in [-0.39, 0.29) is 6.04 Å². The molecule has 4 heteroatoms. The minimum atomic E-state index is 0.0239. The van der Waals surface area contributed by atoms with Crippen LogP contribution in [0.5, 0.6) is 0 Å². The number of hydrogen-bond donors (Lipinski definition) is 2. The Labute approximate surface area is 348 Å². The van der Waals surface area contributed by atoms with Gasteiger partial charge in [0, 0.05) is 34.1 Å². The Kier molecular flexibility index (Phi) is 8.03. The third-order valence-corrected chi connectivity index (χ3v) is 12.4. The van der Waals surface area contributed by atoms with Gasteiger partial charge in [-0.05, 0) is 116 Å². The Balaban J connectivity index is 1.13. The fourth-order valence-electron chi connectivity index (χ4n) is 9.58. The normalized spacial score (nSPS) is 15.0. The van der Waals surface area contributed by atoms with Crippen LogP contribution in [-0.4, -0.2) is 4.57 Å². The lowest BCUT2D eigenvalue weighted by Gasteiger charge is -2.26. The van der Waals surface area contributed by atoms with Crippen molar-refractivity contribution in [2.75, 3.05) is 5.01 Å². The highest BCUT2D eigenvalue weighted by molar-refractivity contribution is 6.30. The second-order valence-corrected chi connectivity index (χ2v) is 15.9. The number of rotatable bonds is 6. The van der Waals surface area contributed by atoms with E-state index in [1.54, 1.807) is 0 Å². The van der Waals surface area contributed by atoms with Crippen molar-refractivity contribution in [2.45, 2.75) is 12.6 Å². The molecule has 0 bridgehead atoms. The zero-order valence-corrected chi connectivity index (χ0v) is 32.9. The molecular weight excluding hydrogens is 729 g/mol. The highest BCUT2D eigenvalue weighted by atomic mass is 15.5. The van der Waals surface area contributed by atoms with E-state index in [4.69, 9.17) is 0 Å². The number of hydrazine groups is 1. The summed E-state index contributed by atoms with van der Waals surface area (Å²) in [5.41, 5.74) is 19.1. The highest BCUT2D eigenvalue weighted by Gasteiger charge is 2.26. The Bertz CT molecular complexity index is 3330. The Morgan fingerprint density at radius 2 is 1.17 bits per heavy atom. The molecule has 0 fully saturated rings. The van der Waals surface area contributed by atoms with E-state index in [0.29, 0.717) is 0 Å². The van der Waals surface area contributed by atoms with Gasteiger partial charge in [0.25, 0.3) is 0 Å². The maximum absolute atomic E-state index is 3.83. The maximum Gasteiger partial charge on any atom is 0.0707 e. The first-order valence-electron chi connectivity index (χ1n) is 20.8. The monoisotopic (exact) mass is 768 g/mol. The van der Waals surface area contributed by atoms with Crippen LogP contribution in [0.15, 0.2) is 212 Å². The van der Waals surface area contributed by atoms with E-state index in [2.05, 4.69) is 233 Å². The van der Waals surface area contributed by atoms with Crippen molar-refractivity contribution in [1.29, 1.82) is 0 Å². The quantitative estimate of drug-likeness (QED) is 0.165. The van der Waals surface area contributed by atoms with E-state index in [0.717, 1.165) is 23.6 Å². The molecule has 12 rings (SSSR count). The van der Waals surface area contributed by atoms with Crippen molar-refractivity contribution in [2.24, 2.45) is 0 Å². The number of nitrogens with one attached hydrogen (secondary N) is 2. The molecule has 0 saturated carbocycles. The topological polar surface area (TPSA) is 32.2 Å². The number of hydrogen-bond acceptors (Lipinski definition) is 3. The van der Waals surface area contributed by atoms with Crippen LogP contribution >= 0.6 is 0 Å². The van der Waals surface area contributed by atoms with Gasteiger partial charge < -0.3 is 9.88 Å². The van der Waals surface area contributed by atoms with E-state index < -0.39 is 0 Å². The predicted molar refractivity (Wildman–Crippen MR) is 251 cm³/mol. The average Bonchev–Trinajstić information content (AvgIpc) is 3.90. The third kappa shape index (κ3) is 5.65. The second-order valence-electron chi connectivity index (χ2n) is 15.9. The van der Waals surface area contributed by atoms with E-state index in [1.165, 1.54) is 88.0 Å². The van der Waals surface area contributed by atoms with Gasteiger partial charge in [0.1, 0.15) is 0 Å². The fourth-order valence-corrected chi connectivity index (χ4v) is 9.58. The lowest BCUT2D eigenvalue weighted by Crippen LogP contribution is -2.26. The van der Waals surface area contributed by atoms with Gasteiger partial charge in [-0.1, -0.05) is 152 Å². The van der Waals surface area contributed by atoms with Gasteiger partial charge in [-0.3, -0.25) is 5.01 Å². The van der Waals surface area contributed by atoms with Crippen LogP contribution in [0.3, 0.4) is 0 Å². The fraction of sp³-hybridized carbons (Fsp3) is 0.0357. The van der Waals surface area contributed by atoms with Crippen LogP contribution in [0.4, 0.5) is 11.4 Å². The molecule has 0 aliphatic carbocycles. The van der Waals surface area contributed by atoms with E-state index in [1.807, 2.05) is 0 Å². The molecule has 0 radical (unpaired) electrons. The number of allylic oxidation sites excluding steroid dienone is 2. The van der Waals surface area contributed by atoms with Gasteiger partial charge in [-0.25, -0.2) is 5.43 Å². The molecule has 1 atom stereocenters. The molecule has 1 unspecified atom stereocenters. The molecule has 2 N–H and O–H groups in total. The molecule has 60 heavy (non-hydrogen) atoms. The molecule has 2 aliphatic heterocycles. The number of dihydropyridines is 1. The largest absolute Gasteiger partial charge is 0.374 e. The van der Waals surface area contributed by atoms with Crippen molar-refractivity contribution in [1.82, 2.24) is 15.3 Å². The van der Waals surface area contributed by atoms with Crippen LogP contribution in [-0.2, 0) is 6.54 Å². The third-order valence-electron chi connectivity index (χ3n) is 12.4. The van der Waals surface area contributed by atoms with Crippen molar-refractivity contribution in [3.8, 4) is 16.8 Å². The zero-order chi connectivity index (χ0) is 39.6. The van der Waals surface area contributed by atoms with Gasteiger partial charge in [0.15, 0.2) is 0 Å². The summed E-state index contributed by atoms with van der Waals surface area (Å²) in [6.07, 6.45) is 4.68. The first-order chi connectivity index (χ1) is 29.7. The maximum atomic E-state index is 3.83. The Morgan fingerprint density at radius 1 is 0.483 bits per heavy atom. The number of benzene rings is 9. The van der Waals surface area contributed by atoms with Gasteiger partial charge in [-0.15, -0.1) is 0 Å². The lowest BCUT2D eigenvalue weighted by molar-refractivity contribution is 0.766. The summed E-state index contributed by atoms with van der Waals surface area (Å²) in [6.45, 7) is 0.754. The molecule has 3 heterocycles. The van der Waals surface area contributed by atoms with E-state index in [9.17, 15) is 0 Å². The summed E-state index contributed by atoms with van der Waals surface area (Å²) in [7, 11) is 0. The summed E-state index contributed by atoms with van der Waals surface area (Å²) in [4.78, 5) is 0. The molecule has 10 aromatic rings. The first-order valence-corrected chi connectivity index (χ1v) is 20.8. The molecular formula is C56H40N4. The van der Waals surface area contributed by atoms with E-state index >= 15 is 0 Å². The standard InChI is InChI=1S/C56H40N4/c1-5-16-37(17-6-1)48-31-41-22-13-14-27-46(41)55-47(48)28-29-52-56(55)49-32-43-36-57-60(44-24-11-4-12-25-44)53(43)35-54(49)59(52)45-26-15-23-40(30-45)42-33-50(38-18-7-2-8-19-38)58-51(34-42)39-20-9-3-10-21-39/h1-35,50,57-58H,36H2. The molecule has 0 saturated heterocycles. The van der Waals surface area contributed by atoms with Crippen molar-refractivity contribution in [3.05, 3.63) is 235 Å². The summed E-state index contributed by atoms with van der Waals surface area (Å²) < 4.78 is 2.50. The summed E-state index contributed by atoms with van der Waals surface area (Å²) in [5, 5.41) is 13.7. The molecule has 9 aromatic carbocycles. The lowest BCUT2D eigenvalue weighted by atomic mass is 9.91.